The van der Waals surface area contributed by atoms with Gasteiger partial charge in [-0.1, -0.05) is 36.1 Å². The van der Waals surface area contributed by atoms with Crippen molar-refractivity contribution >= 4 is 17.5 Å². The number of hydrogen-bond acceptors (Lipinski definition) is 4. The van der Waals surface area contributed by atoms with E-state index in [4.69, 9.17) is 6.85 Å². The number of benzene rings is 1. The van der Waals surface area contributed by atoms with Gasteiger partial charge in [-0.3, -0.25) is 9.59 Å². The van der Waals surface area contributed by atoms with Crippen LogP contribution in [0, 0.1) is 11.8 Å². The van der Waals surface area contributed by atoms with Gasteiger partial charge in [-0.05, 0) is 5.92 Å². The standard InChI is InChI=1S/C13H10O4/c1-10(14)13(16)17-9-5-8-12(15)11-6-3-2-4-7-11/h2-4,6-7H,9H2,1H3/i2D,3D,4D,6D,7D. The third kappa shape index (κ3) is 4.31. The lowest BCUT2D eigenvalue weighted by Crippen LogP contribution is -2.13. The maximum atomic E-state index is 11.8. The largest absolute Gasteiger partial charge is 0.447 e. The van der Waals surface area contributed by atoms with Gasteiger partial charge in [0.1, 0.15) is 0 Å². The fourth-order valence-electron chi connectivity index (χ4n) is 0.746. The summed E-state index contributed by atoms with van der Waals surface area (Å²) in [5.41, 5.74) is -0.559. The highest BCUT2D eigenvalue weighted by Gasteiger charge is 2.06. The van der Waals surface area contributed by atoms with Gasteiger partial charge in [0.2, 0.25) is 11.6 Å². The molecule has 0 aliphatic carbocycles. The predicted octanol–water partition coefficient (Wildman–Crippen LogP) is 1.00. The van der Waals surface area contributed by atoms with Gasteiger partial charge in [-0.25, -0.2) is 4.79 Å². The van der Waals surface area contributed by atoms with E-state index in [1.165, 1.54) is 0 Å². The second-order valence-electron chi connectivity index (χ2n) is 2.76. The van der Waals surface area contributed by atoms with E-state index in [0.29, 0.717) is 0 Å². The van der Waals surface area contributed by atoms with E-state index in [1.54, 1.807) is 0 Å². The summed E-state index contributed by atoms with van der Waals surface area (Å²) in [6, 6.07) is -3.23. The van der Waals surface area contributed by atoms with Crippen LogP contribution < -0.4 is 0 Å². The van der Waals surface area contributed by atoms with Crippen molar-refractivity contribution in [1.82, 2.24) is 0 Å². The normalized spacial score (nSPS) is 12.9. The second kappa shape index (κ2) is 6.23. The SMILES string of the molecule is [2H]c1c([2H])c([2H])c(C(=O)C#CCOC(=O)C(C)=O)c([2H])c1[2H]. The fraction of sp³-hybridized carbons (Fsp3) is 0.154. The van der Waals surface area contributed by atoms with Gasteiger partial charge in [-0.15, -0.1) is 0 Å². The Morgan fingerprint density at radius 3 is 2.53 bits per heavy atom. The lowest BCUT2D eigenvalue weighted by atomic mass is 10.1. The van der Waals surface area contributed by atoms with Crippen LogP contribution in [0.4, 0.5) is 0 Å². The number of carbonyl (C=O) groups excluding carboxylic acids is 3. The Morgan fingerprint density at radius 2 is 1.94 bits per heavy atom. The van der Waals surface area contributed by atoms with E-state index in [9.17, 15) is 14.4 Å². The maximum absolute atomic E-state index is 11.8. The lowest BCUT2D eigenvalue weighted by molar-refractivity contribution is -0.151. The van der Waals surface area contributed by atoms with Gasteiger partial charge >= 0.3 is 5.97 Å². The molecular weight excluding hydrogens is 220 g/mol. The smallest absolute Gasteiger partial charge is 0.375 e. The van der Waals surface area contributed by atoms with E-state index in [2.05, 4.69) is 10.7 Å². The van der Waals surface area contributed by atoms with E-state index < -0.39 is 59.9 Å². The molecule has 1 aromatic rings. The molecule has 17 heavy (non-hydrogen) atoms. The molecule has 0 aromatic heterocycles. The summed E-state index contributed by atoms with van der Waals surface area (Å²) < 4.78 is 41.8. The molecule has 0 fully saturated rings. The zero-order valence-electron chi connectivity index (χ0n) is 13.8. The molecule has 86 valence electrons. The van der Waals surface area contributed by atoms with Crippen LogP contribution in [0.2, 0.25) is 0 Å². The Hall–Kier alpha value is -2.41. The highest BCUT2D eigenvalue weighted by atomic mass is 16.5. The molecule has 0 radical (unpaired) electrons. The van der Waals surface area contributed by atoms with E-state index >= 15 is 0 Å². The van der Waals surface area contributed by atoms with Crippen molar-refractivity contribution in [3.8, 4) is 11.8 Å². The minimum Gasteiger partial charge on any atom is -0.447 e. The number of esters is 1. The molecule has 4 nitrogen and oxygen atoms in total. The molecule has 1 aromatic carbocycles. The van der Waals surface area contributed by atoms with Crippen molar-refractivity contribution in [3.63, 3.8) is 0 Å². The van der Waals surface area contributed by atoms with E-state index in [1.807, 2.05) is 5.92 Å². The third-order valence-electron chi connectivity index (χ3n) is 1.49. The topological polar surface area (TPSA) is 60.4 Å². The molecule has 0 aliphatic rings. The first kappa shape index (κ1) is 7.02. The summed E-state index contributed by atoms with van der Waals surface area (Å²) in [5.74, 6) is 1.22. The summed E-state index contributed by atoms with van der Waals surface area (Å²) >= 11 is 0. The number of Topliss-reactive ketones (excluding diaryl/α,β-unsaturated/α-hetero) is 2. The van der Waals surface area contributed by atoms with Crippen molar-refractivity contribution in [2.45, 2.75) is 6.92 Å². The Balaban J connectivity index is 3.02. The highest BCUT2D eigenvalue weighted by Crippen LogP contribution is 1.98. The Kier molecular flexibility index (Phi) is 2.57. The van der Waals surface area contributed by atoms with Crippen molar-refractivity contribution < 1.29 is 26.0 Å². The molecule has 0 heterocycles. The molecule has 1 rings (SSSR count). The Labute approximate surface area is 106 Å². The van der Waals surface area contributed by atoms with Crippen LogP contribution in [0.3, 0.4) is 0 Å². The molecule has 0 aliphatic heterocycles. The van der Waals surface area contributed by atoms with E-state index in [0.717, 1.165) is 6.92 Å². The average Bonchev–Trinajstić information content (AvgIpc) is 2.47. The number of hydrogen-bond donors (Lipinski definition) is 0. The fourth-order valence-corrected chi connectivity index (χ4v) is 0.746. The van der Waals surface area contributed by atoms with Gasteiger partial charge in [0.05, 0.1) is 6.85 Å². The van der Waals surface area contributed by atoms with Crippen molar-refractivity contribution in [2.24, 2.45) is 0 Å². The van der Waals surface area contributed by atoms with Gasteiger partial charge in [-0.2, -0.15) is 0 Å². The van der Waals surface area contributed by atoms with Gasteiger partial charge in [0, 0.05) is 12.5 Å². The summed E-state index contributed by atoms with van der Waals surface area (Å²) in [6.45, 7) is 0.483. The highest BCUT2D eigenvalue weighted by molar-refractivity contribution is 6.32. The quantitative estimate of drug-likeness (QED) is 0.258. The minimum absolute atomic E-state index is 0.525. The third-order valence-corrected chi connectivity index (χ3v) is 1.49. The summed E-state index contributed by atoms with van der Waals surface area (Å²) in [7, 11) is 0. The Morgan fingerprint density at radius 1 is 1.29 bits per heavy atom. The molecule has 0 atom stereocenters. The molecule has 0 spiro atoms. The summed E-state index contributed by atoms with van der Waals surface area (Å²) in [4.78, 5) is 33.3. The van der Waals surface area contributed by atoms with Gasteiger partial charge in [0.15, 0.2) is 6.61 Å². The van der Waals surface area contributed by atoms with Crippen LogP contribution in [0.25, 0.3) is 0 Å². The first-order chi connectivity index (χ1) is 10.2. The summed E-state index contributed by atoms with van der Waals surface area (Å²) in [6.07, 6.45) is 0. The number of rotatable bonds is 3. The molecule has 4 heteroatoms. The first-order valence-corrected chi connectivity index (χ1v) is 4.46. The van der Waals surface area contributed by atoms with Crippen LogP contribution in [0.1, 0.15) is 24.1 Å². The number of ether oxygens (including phenoxy) is 1. The van der Waals surface area contributed by atoms with Gasteiger partial charge in [0.25, 0.3) is 0 Å². The molecule has 0 unspecified atom stereocenters. The first-order valence-electron chi connectivity index (χ1n) is 6.96. The maximum Gasteiger partial charge on any atom is 0.375 e. The molecular formula is C13H10O4. The van der Waals surface area contributed by atoms with Gasteiger partial charge < -0.3 is 4.74 Å². The minimum atomic E-state index is -1.11. The van der Waals surface area contributed by atoms with Crippen LogP contribution in [0.15, 0.2) is 30.2 Å². The number of ketones is 2. The van der Waals surface area contributed by atoms with Crippen molar-refractivity contribution in [1.29, 1.82) is 0 Å². The molecule has 0 saturated heterocycles. The monoisotopic (exact) mass is 235 g/mol. The summed E-state index contributed by atoms with van der Waals surface area (Å²) in [5, 5.41) is 0. The zero-order valence-corrected chi connectivity index (χ0v) is 8.84. The second-order valence-corrected chi connectivity index (χ2v) is 2.76. The van der Waals surface area contributed by atoms with Crippen molar-refractivity contribution in [2.75, 3.05) is 6.61 Å². The molecule has 0 amide bonds. The Bertz CT molecular complexity index is 701. The van der Waals surface area contributed by atoms with Crippen LogP contribution in [0.5, 0.6) is 0 Å². The average molecular weight is 235 g/mol. The predicted molar refractivity (Wildman–Crippen MR) is 60.2 cm³/mol. The lowest BCUT2D eigenvalue weighted by Gasteiger charge is -1.94. The van der Waals surface area contributed by atoms with Crippen LogP contribution in [-0.2, 0) is 14.3 Å². The van der Waals surface area contributed by atoms with Crippen LogP contribution in [-0.4, -0.2) is 24.1 Å². The van der Waals surface area contributed by atoms with Crippen LogP contribution >= 0.6 is 0 Å². The van der Waals surface area contributed by atoms with Crippen molar-refractivity contribution in [3.05, 3.63) is 35.8 Å². The number of carbonyl (C=O) groups is 3. The molecule has 0 N–H and O–H groups in total. The molecule has 0 saturated carbocycles. The van der Waals surface area contributed by atoms with E-state index in [-0.39, 0.29) is 0 Å². The molecule has 0 bridgehead atoms. The zero-order chi connectivity index (χ0) is 17.0.